The Balaban J connectivity index is 1.70. The van der Waals surface area contributed by atoms with Gasteiger partial charge in [0.2, 0.25) is 15.8 Å². The SMILES string of the molecule is CS(=O)(=O)N[C@H]1CCCN(C(=O)c2cc(-c3ccco3)on2)C1. The number of piperidine rings is 1. The van der Waals surface area contributed by atoms with Crippen LogP contribution >= 0.6 is 0 Å². The van der Waals surface area contributed by atoms with Crippen molar-refractivity contribution < 1.29 is 22.2 Å². The van der Waals surface area contributed by atoms with E-state index in [0.29, 0.717) is 31.0 Å². The first-order valence-electron chi connectivity index (χ1n) is 7.19. The van der Waals surface area contributed by atoms with E-state index in [1.807, 2.05) is 0 Å². The minimum atomic E-state index is -3.30. The number of nitrogens with zero attached hydrogens (tertiary/aromatic N) is 2. The minimum absolute atomic E-state index is 0.177. The van der Waals surface area contributed by atoms with Gasteiger partial charge in [-0.15, -0.1) is 0 Å². The van der Waals surface area contributed by atoms with Gasteiger partial charge in [0.1, 0.15) is 0 Å². The van der Waals surface area contributed by atoms with Crippen LogP contribution in [0, 0.1) is 0 Å². The molecule has 0 radical (unpaired) electrons. The van der Waals surface area contributed by atoms with E-state index in [1.54, 1.807) is 17.0 Å². The molecule has 2 aromatic rings. The van der Waals surface area contributed by atoms with Crippen LogP contribution in [0.15, 0.2) is 33.4 Å². The Morgan fingerprint density at radius 1 is 1.43 bits per heavy atom. The van der Waals surface area contributed by atoms with E-state index in [1.165, 1.54) is 12.3 Å². The number of hydrogen-bond acceptors (Lipinski definition) is 6. The molecule has 1 N–H and O–H groups in total. The van der Waals surface area contributed by atoms with Gasteiger partial charge < -0.3 is 13.8 Å². The highest BCUT2D eigenvalue weighted by Gasteiger charge is 2.28. The molecule has 0 aliphatic carbocycles. The van der Waals surface area contributed by atoms with E-state index >= 15 is 0 Å². The highest BCUT2D eigenvalue weighted by molar-refractivity contribution is 7.88. The van der Waals surface area contributed by atoms with Crippen LogP contribution in [0.5, 0.6) is 0 Å². The second-order valence-corrected chi connectivity index (χ2v) is 7.31. The molecule has 0 saturated carbocycles. The lowest BCUT2D eigenvalue weighted by atomic mass is 10.1. The summed E-state index contributed by atoms with van der Waals surface area (Å²) in [6.45, 7) is 0.874. The number of aromatic nitrogens is 1. The average Bonchev–Trinajstić information content (AvgIpc) is 3.16. The number of likely N-dealkylation sites (tertiary alicyclic amines) is 1. The van der Waals surface area contributed by atoms with Gasteiger partial charge in [-0.1, -0.05) is 5.16 Å². The zero-order valence-electron chi connectivity index (χ0n) is 12.6. The Morgan fingerprint density at radius 2 is 2.26 bits per heavy atom. The predicted octanol–water partition coefficient (Wildman–Crippen LogP) is 1.09. The van der Waals surface area contributed by atoms with Crippen LogP contribution in [0.1, 0.15) is 23.3 Å². The molecule has 0 aromatic carbocycles. The zero-order chi connectivity index (χ0) is 16.4. The molecule has 2 aromatic heterocycles. The van der Waals surface area contributed by atoms with Crippen molar-refractivity contribution in [1.82, 2.24) is 14.8 Å². The zero-order valence-corrected chi connectivity index (χ0v) is 13.4. The first-order chi connectivity index (χ1) is 10.9. The fraction of sp³-hybridized carbons (Fsp3) is 0.429. The molecule has 0 bridgehead atoms. The summed E-state index contributed by atoms with van der Waals surface area (Å²) in [6, 6.07) is 4.67. The number of hydrogen-bond donors (Lipinski definition) is 1. The van der Waals surface area contributed by atoms with Crippen molar-refractivity contribution in [2.75, 3.05) is 19.3 Å². The molecule has 3 rings (SSSR count). The molecule has 124 valence electrons. The number of nitrogens with one attached hydrogen (secondary N) is 1. The van der Waals surface area contributed by atoms with Gasteiger partial charge in [-0.05, 0) is 25.0 Å². The Kier molecular flexibility index (Phi) is 4.22. The first-order valence-corrected chi connectivity index (χ1v) is 9.09. The fourth-order valence-electron chi connectivity index (χ4n) is 2.63. The van der Waals surface area contributed by atoms with E-state index in [0.717, 1.165) is 12.7 Å². The van der Waals surface area contributed by atoms with Gasteiger partial charge >= 0.3 is 0 Å². The normalized spacial score (nSPS) is 19.0. The van der Waals surface area contributed by atoms with E-state index in [-0.39, 0.29) is 17.6 Å². The Bertz CT molecular complexity index is 781. The van der Waals surface area contributed by atoms with Crippen molar-refractivity contribution >= 4 is 15.9 Å². The van der Waals surface area contributed by atoms with Gasteiger partial charge in [-0.2, -0.15) is 0 Å². The van der Waals surface area contributed by atoms with Gasteiger partial charge in [-0.25, -0.2) is 13.1 Å². The van der Waals surface area contributed by atoms with Crippen molar-refractivity contribution in [3.05, 3.63) is 30.2 Å². The summed E-state index contributed by atoms with van der Waals surface area (Å²) in [6.07, 6.45) is 4.04. The minimum Gasteiger partial charge on any atom is -0.461 e. The summed E-state index contributed by atoms with van der Waals surface area (Å²) in [4.78, 5) is 14.1. The number of amides is 1. The average molecular weight is 339 g/mol. The van der Waals surface area contributed by atoms with Gasteiger partial charge in [0.15, 0.2) is 11.5 Å². The van der Waals surface area contributed by atoms with Crippen molar-refractivity contribution in [3.8, 4) is 11.5 Å². The molecule has 1 fully saturated rings. The second kappa shape index (κ2) is 6.17. The Labute approximate surface area is 133 Å². The van der Waals surface area contributed by atoms with Gasteiger partial charge in [0.25, 0.3) is 5.91 Å². The third-order valence-electron chi connectivity index (χ3n) is 3.58. The van der Waals surface area contributed by atoms with Gasteiger partial charge in [-0.3, -0.25) is 4.79 Å². The number of sulfonamides is 1. The molecular formula is C14H17N3O5S. The molecule has 3 heterocycles. The van der Waals surface area contributed by atoms with Crippen molar-refractivity contribution in [2.24, 2.45) is 0 Å². The maximum absolute atomic E-state index is 12.5. The third kappa shape index (κ3) is 3.80. The Hall–Kier alpha value is -2.13. The van der Waals surface area contributed by atoms with Gasteiger partial charge in [0, 0.05) is 25.2 Å². The topological polar surface area (TPSA) is 106 Å². The van der Waals surface area contributed by atoms with Crippen LogP contribution in [0.3, 0.4) is 0 Å². The van der Waals surface area contributed by atoms with Crippen LogP contribution in [0.4, 0.5) is 0 Å². The lowest BCUT2D eigenvalue weighted by Gasteiger charge is -2.32. The van der Waals surface area contributed by atoms with Crippen molar-refractivity contribution in [2.45, 2.75) is 18.9 Å². The maximum atomic E-state index is 12.5. The largest absolute Gasteiger partial charge is 0.461 e. The summed E-state index contributed by atoms with van der Waals surface area (Å²) in [5.41, 5.74) is 0.177. The van der Waals surface area contributed by atoms with Crippen LogP contribution in [-0.2, 0) is 10.0 Å². The quantitative estimate of drug-likeness (QED) is 0.894. The molecule has 1 aliphatic heterocycles. The molecule has 1 aliphatic rings. The monoisotopic (exact) mass is 339 g/mol. The first kappa shape index (κ1) is 15.8. The summed E-state index contributed by atoms with van der Waals surface area (Å²) in [5.74, 6) is 0.583. The number of carbonyl (C=O) groups excluding carboxylic acids is 1. The molecule has 1 amide bonds. The predicted molar refractivity (Wildman–Crippen MR) is 81.1 cm³/mol. The molecular weight excluding hydrogens is 322 g/mol. The maximum Gasteiger partial charge on any atom is 0.276 e. The molecule has 9 heteroatoms. The molecule has 23 heavy (non-hydrogen) atoms. The molecule has 1 atom stereocenters. The Morgan fingerprint density at radius 3 is 2.96 bits per heavy atom. The summed E-state index contributed by atoms with van der Waals surface area (Å²) in [5, 5.41) is 3.78. The van der Waals surface area contributed by atoms with Gasteiger partial charge in [0.05, 0.1) is 12.5 Å². The smallest absolute Gasteiger partial charge is 0.276 e. The van der Waals surface area contributed by atoms with Crippen LogP contribution < -0.4 is 4.72 Å². The molecule has 1 saturated heterocycles. The lowest BCUT2D eigenvalue weighted by molar-refractivity contribution is 0.0692. The van der Waals surface area contributed by atoms with Crippen LogP contribution in [0.2, 0.25) is 0 Å². The van der Waals surface area contributed by atoms with Crippen LogP contribution in [-0.4, -0.2) is 49.8 Å². The number of furan rings is 1. The highest BCUT2D eigenvalue weighted by atomic mass is 32.2. The van der Waals surface area contributed by atoms with E-state index in [9.17, 15) is 13.2 Å². The van der Waals surface area contributed by atoms with Crippen molar-refractivity contribution in [1.29, 1.82) is 0 Å². The summed E-state index contributed by atoms with van der Waals surface area (Å²) < 4.78 is 35.5. The number of rotatable bonds is 4. The molecule has 0 spiro atoms. The summed E-state index contributed by atoms with van der Waals surface area (Å²) in [7, 11) is -3.30. The second-order valence-electron chi connectivity index (χ2n) is 5.53. The van der Waals surface area contributed by atoms with E-state index in [4.69, 9.17) is 8.94 Å². The van der Waals surface area contributed by atoms with E-state index in [2.05, 4.69) is 9.88 Å². The van der Waals surface area contributed by atoms with Crippen LogP contribution in [0.25, 0.3) is 11.5 Å². The highest BCUT2D eigenvalue weighted by Crippen LogP contribution is 2.22. The third-order valence-corrected chi connectivity index (χ3v) is 4.34. The molecule has 8 nitrogen and oxygen atoms in total. The standard InChI is InChI=1S/C14H17N3O5S/c1-23(19,20)16-10-4-2-6-17(9-10)14(18)11-8-13(22-15-11)12-5-3-7-21-12/h3,5,7-8,10,16H,2,4,6,9H2,1H3/t10-/m0/s1. The van der Waals surface area contributed by atoms with E-state index < -0.39 is 10.0 Å². The van der Waals surface area contributed by atoms with Crippen molar-refractivity contribution in [3.63, 3.8) is 0 Å². The summed E-state index contributed by atoms with van der Waals surface area (Å²) >= 11 is 0. The molecule has 0 unspecified atom stereocenters. The number of carbonyl (C=O) groups is 1. The fourth-order valence-corrected chi connectivity index (χ4v) is 3.43. The lowest BCUT2D eigenvalue weighted by Crippen LogP contribution is -2.49.